The third-order valence-corrected chi connectivity index (χ3v) is 2.79. The number of anilines is 2. The maximum absolute atomic E-state index is 12.7. The van der Waals surface area contributed by atoms with Crippen LogP contribution in [0.15, 0.2) is 42.5 Å². The molecule has 2 amide bonds. The lowest BCUT2D eigenvalue weighted by atomic mass is 10.1. The van der Waals surface area contributed by atoms with Gasteiger partial charge in [0.15, 0.2) is 0 Å². The Morgan fingerprint density at radius 1 is 1.00 bits per heavy atom. The van der Waals surface area contributed by atoms with Crippen molar-refractivity contribution in [2.75, 3.05) is 10.6 Å². The van der Waals surface area contributed by atoms with Gasteiger partial charge in [0, 0.05) is 11.4 Å². The maximum Gasteiger partial charge on any atom is 0.416 e. The Morgan fingerprint density at radius 3 is 2.18 bits per heavy atom. The quantitative estimate of drug-likeness (QED) is 0.722. The van der Waals surface area contributed by atoms with Crippen molar-refractivity contribution in [1.82, 2.24) is 0 Å². The molecule has 0 radical (unpaired) electrons. The van der Waals surface area contributed by atoms with E-state index in [0.717, 1.165) is 12.1 Å². The Hall–Kier alpha value is -2.70. The number of hydrogen-bond acceptors (Lipinski definition) is 2. The summed E-state index contributed by atoms with van der Waals surface area (Å²) >= 11 is 0. The van der Waals surface area contributed by atoms with Gasteiger partial charge in [-0.2, -0.15) is 13.2 Å². The Labute approximate surface area is 124 Å². The van der Waals surface area contributed by atoms with Crippen LogP contribution in [0.5, 0.6) is 5.75 Å². The molecule has 4 nitrogen and oxygen atoms in total. The summed E-state index contributed by atoms with van der Waals surface area (Å²) < 4.78 is 38.2. The molecule has 0 bridgehead atoms. The van der Waals surface area contributed by atoms with Gasteiger partial charge in [0.1, 0.15) is 5.75 Å². The largest absolute Gasteiger partial charge is 0.508 e. The number of alkyl halides is 3. The smallest absolute Gasteiger partial charge is 0.416 e. The predicted octanol–water partition coefficient (Wildman–Crippen LogP) is 4.36. The van der Waals surface area contributed by atoms with E-state index in [1.807, 2.05) is 0 Å². The van der Waals surface area contributed by atoms with E-state index in [9.17, 15) is 18.0 Å². The number of aryl methyl sites for hydroxylation is 1. The number of amides is 2. The van der Waals surface area contributed by atoms with Crippen molar-refractivity contribution in [3.05, 3.63) is 53.6 Å². The minimum atomic E-state index is -4.48. The number of carbonyl (C=O) groups excluding carboxylic acids is 1. The topological polar surface area (TPSA) is 61.4 Å². The molecule has 3 N–H and O–H groups in total. The second-order valence-corrected chi connectivity index (χ2v) is 4.71. The van der Waals surface area contributed by atoms with Crippen molar-refractivity contribution in [3.8, 4) is 5.75 Å². The van der Waals surface area contributed by atoms with Crippen LogP contribution in [-0.4, -0.2) is 11.1 Å². The molecule has 0 unspecified atom stereocenters. The van der Waals surface area contributed by atoms with Crippen molar-refractivity contribution in [2.45, 2.75) is 13.1 Å². The molecule has 0 heterocycles. The molecule has 0 aliphatic rings. The molecule has 2 aromatic carbocycles. The minimum absolute atomic E-state index is 0.0412. The average molecular weight is 310 g/mol. The van der Waals surface area contributed by atoms with E-state index in [1.165, 1.54) is 37.3 Å². The minimum Gasteiger partial charge on any atom is -0.508 e. The number of aromatic hydroxyl groups is 1. The fourth-order valence-electron chi connectivity index (χ4n) is 1.86. The monoisotopic (exact) mass is 310 g/mol. The van der Waals surface area contributed by atoms with Crippen LogP contribution in [0.2, 0.25) is 0 Å². The summed E-state index contributed by atoms with van der Waals surface area (Å²) in [4.78, 5) is 11.8. The van der Waals surface area contributed by atoms with Crippen LogP contribution in [0.3, 0.4) is 0 Å². The van der Waals surface area contributed by atoms with Gasteiger partial charge in [0.2, 0.25) is 0 Å². The molecule has 0 saturated heterocycles. The zero-order valence-electron chi connectivity index (χ0n) is 11.5. The summed E-state index contributed by atoms with van der Waals surface area (Å²) in [5.41, 5.74) is 0.00444. The highest BCUT2D eigenvalue weighted by atomic mass is 19.4. The van der Waals surface area contributed by atoms with Crippen molar-refractivity contribution in [1.29, 1.82) is 0 Å². The van der Waals surface area contributed by atoms with Gasteiger partial charge in [0.25, 0.3) is 0 Å². The first-order chi connectivity index (χ1) is 10.2. The summed E-state index contributed by atoms with van der Waals surface area (Å²) in [5.74, 6) is 0.0412. The van der Waals surface area contributed by atoms with Crippen molar-refractivity contribution in [3.63, 3.8) is 0 Å². The maximum atomic E-state index is 12.7. The van der Waals surface area contributed by atoms with Gasteiger partial charge in [-0.15, -0.1) is 0 Å². The lowest BCUT2D eigenvalue weighted by Crippen LogP contribution is -2.20. The van der Waals surface area contributed by atoms with E-state index in [-0.39, 0.29) is 11.4 Å². The number of phenolic OH excluding ortho intramolecular Hbond substituents is 1. The number of hydrogen-bond donors (Lipinski definition) is 3. The molecule has 0 aromatic heterocycles. The Morgan fingerprint density at radius 2 is 1.59 bits per heavy atom. The first-order valence-corrected chi connectivity index (χ1v) is 6.30. The van der Waals surface area contributed by atoms with Crippen molar-refractivity contribution < 1.29 is 23.1 Å². The van der Waals surface area contributed by atoms with Crippen LogP contribution in [0.25, 0.3) is 0 Å². The average Bonchev–Trinajstić information content (AvgIpc) is 2.39. The van der Waals surface area contributed by atoms with Crippen LogP contribution < -0.4 is 10.6 Å². The third-order valence-electron chi connectivity index (χ3n) is 2.79. The number of benzene rings is 2. The highest BCUT2D eigenvalue weighted by molar-refractivity contribution is 5.99. The standard InChI is InChI=1S/C15H13F3N2O2/c1-9-6-10(15(16,17)18)8-12(7-9)20-14(22)19-11-2-4-13(21)5-3-11/h2-8,21H,1H3,(H2,19,20,22). The predicted molar refractivity (Wildman–Crippen MR) is 76.9 cm³/mol. The SMILES string of the molecule is Cc1cc(NC(=O)Nc2ccc(O)cc2)cc(C(F)(F)F)c1. The molecule has 0 fully saturated rings. The van der Waals surface area contributed by atoms with Crippen LogP contribution in [0, 0.1) is 6.92 Å². The molecule has 0 saturated carbocycles. The van der Waals surface area contributed by atoms with E-state index < -0.39 is 17.8 Å². The van der Waals surface area contributed by atoms with E-state index >= 15 is 0 Å². The number of carbonyl (C=O) groups is 1. The van der Waals surface area contributed by atoms with Crippen LogP contribution in [0.1, 0.15) is 11.1 Å². The van der Waals surface area contributed by atoms with Crippen molar-refractivity contribution in [2.24, 2.45) is 0 Å². The van der Waals surface area contributed by atoms with Gasteiger partial charge < -0.3 is 15.7 Å². The summed E-state index contributed by atoms with van der Waals surface area (Å²) in [6, 6.07) is 8.31. The van der Waals surface area contributed by atoms with E-state index in [2.05, 4.69) is 10.6 Å². The second kappa shape index (κ2) is 5.97. The molecule has 0 atom stereocenters. The summed E-state index contributed by atoms with van der Waals surface area (Å²) in [5, 5.41) is 13.9. The molecule has 2 aromatic rings. The number of phenols is 1. The second-order valence-electron chi connectivity index (χ2n) is 4.71. The summed E-state index contributed by atoms with van der Waals surface area (Å²) in [7, 11) is 0. The molecule has 0 aliphatic heterocycles. The fraction of sp³-hybridized carbons (Fsp3) is 0.133. The normalized spacial score (nSPS) is 11.1. The van der Waals surface area contributed by atoms with E-state index in [0.29, 0.717) is 11.3 Å². The fourth-order valence-corrected chi connectivity index (χ4v) is 1.86. The van der Waals surface area contributed by atoms with Gasteiger partial charge >= 0.3 is 12.2 Å². The number of nitrogens with one attached hydrogen (secondary N) is 2. The molecule has 2 rings (SSSR count). The van der Waals surface area contributed by atoms with E-state index in [1.54, 1.807) is 0 Å². The number of halogens is 3. The number of rotatable bonds is 2. The van der Waals surface area contributed by atoms with Crippen molar-refractivity contribution >= 4 is 17.4 Å². The molecule has 22 heavy (non-hydrogen) atoms. The van der Waals surface area contributed by atoms with Gasteiger partial charge in [-0.05, 0) is 55.0 Å². The third kappa shape index (κ3) is 4.15. The molecular formula is C15H13F3N2O2. The zero-order chi connectivity index (χ0) is 16.3. The Balaban J connectivity index is 2.11. The lowest BCUT2D eigenvalue weighted by Gasteiger charge is -2.12. The van der Waals surface area contributed by atoms with Crippen LogP contribution >= 0.6 is 0 Å². The highest BCUT2D eigenvalue weighted by Gasteiger charge is 2.31. The number of urea groups is 1. The first kappa shape index (κ1) is 15.7. The molecule has 116 valence electrons. The molecule has 0 aliphatic carbocycles. The lowest BCUT2D eigenvalue weighted by molar-refractivity contribution is -0.137. The van der Waals surface area contributed by atoms with Gasteiger partial charge in [-0.25, -0.2) is 4.79 Å². The van der Waals surface area contributed by atoms with E-state index in [4.69, 9.17) is 5.11 Å². The van der Waals surface area contributed by atoms with Crippen LogP contribution in [0.4, 0.5) is 29.3 Å². The highest BCUT2D eigenvalue weighted by Crippen LogP contribution is 2.31. The Bertz CT molecular complexity index is 682. The zero-order valence-corrected chi connectivity index (χ0v) is 11.5. The first-order valence-electron chi connectivity index (χ1n) is 6.30. The molecule has 0 spiro atoms. The van der Waals surface area contributed by atoms with Gasteiger partial charge in [-0.1, -0.05) is 0 Å². The van der Waals surface area contributed by atoms with Gasteiger partial charge in [0.05, 0.1) is 5.56 Å². The summed E-state index contributed by atoms with van der Waals surface area (Å²) in [6.45, 7) is 1.51. The molecule has 7 heteroatoms. The Kier molecular flexibility index (Phi) is 4.25. The summed E-state index contributed by atoms with van der Waals surface area (Å²) in [6.07, 6.45) is -4.48. The molecular weight excluding hydrogens is 297 g/mol. The van der Waals surface area contributed by atoms with Crippen LogP contribution in [-0.2, 0) is 6.18 Å². The van der Waals surface area contributed by atoms with Gasteiger partial charge in [-0.3, -0.25) is 0 Å².